The van der Waals surface area contributed by atoms with Crippen molar-refractivity contribution in [1.29, 1.82) is 0 Å². The highest BCUT2D eigenvalue weighted by Gasteiger charge is 2.16. The molecule has 0 bridgehead atoms. The minimum Gasteiger partial charge on any atom is -0.336 e. The average molecular weight is 372 g/mol. The van der Waals surface area contributed by atoms with Crippen LogP contribution in [0.25, 0.3) is 0 Å². The molecule has 1 aromatic carbocycles. The topological polar surface area (TPSA) is 62.3 Å². The Kier molecular flexibility index (Phi) is 5.98. The molecular weight excluding hydrogens is 357 g/mol. The highest BCUT2D eigenvalue weighted by Crippen LogP contribution is 2.29. The summed E-state index contributed by atoms with van der Waals surface area (Å²) in [6.07, 6.45) is 0.168. The molecule has 1 N–H and O–H groups in total. The number of hydrogen-bond acceptors (Lipinski definition) is 4. The number of carbonyl (C=O) groups excluding carboxylic acids is 2. The molecule has 1 heterocycles. The van der Waals surface area contributed by atoms with Crippen molar-refractivity contribution in [2.75, 3.05) is 18.9 Å². The number of thiazole rings is 1. The van der Waals surface area contributed by atoms with Crippen LogP contribution in [0.15, 0.2) is 23.6 Å². The van der Waals surface area contributed by atoms with Gasteiger partial charge >= 0.3 is 0 Å². The molecule has 0 spiro atoms. The lowest BCUT2D eigenvalue weighted by Gasteiger charge is -2.17. The van der Waals surface area contributed by atoms with Gasteiger partial charge in [0.05, 0.1) is 39.4 Å². The van der Waals surface area contributed by atoms with E-state index in [1.54, 1.807) is 25.2 Å². The predicted molar refractivity (Wildman–Crippen MR) is 93.3 cm³/mol. The van der Waals surface area contributed by atoms with Gasteiger partial charge in [-0.3, -0.25) is 9.59 Å². The molecule has 122 valence electrons. The normalized spacial score (nSPS) is 10.4. The Morgan fingerprint density at radius 2 is 1.96 bits per heavy atom. The SMILES string of the molecule is Cc1nc(CC(=O)N(C)CC(=O)Nc2c(Cl)cccc2Cl)cs1. The van der Waals surface area contributed by atoms with Crippen LogP contribution in [0.3, 0.4) is 0 Å². The Morgan fingerprint density at radius 3 is 2.52 bits per heavy atom. The minimum absolute atomic E-state index is 0.0937. The number of benzene rings is 1. The summed E-state index contributed by atoms with van der Waals surface area (Å²) in [6.45, 7) is 1.78. The molecule has 0 saturated heterocycles. The smallest absolute Gasteiger partial charge is 0.244 e. The number of para-hydroxylation sites is 1. The fraction of sp³-hybridized carbons (Fsp3) is 0.267. The van der Waals surface area contributed by atoms with Crippen molar-refractivity contribution in [2.45, 2.75) is 13.3 Å². The van der Waals surface area contributed by atoms with E-state index in [0.717, 1.165) is 5.01 Å². The maximum atomic E-state index is 12.1. The molecule has 0 atom stereocenters. The molecule has 2 rings (SSSR count). The van der Waals surface area contributed by atoms with Crippen molar-refractivity contribution in [3.05, 3.63) is 44.3 Å². The van der Waals surface area contributed by atoms with Gasteiger partial charge in [-0.1, -0.05) is 29.3 Å². The molecule has 0 aliphatic rings. The third kappa shape index (κ3) is 4.92. The van der Waals surface area contributed by atoms with Gasteiger partial charge < -0.3 is 10.2 Å². The zero-order valence-corrected chi connectivity index (χ0v) is 14.9. The lowest BCUT2D eigenvalue weighted by Crippen LogP contribution is -2.36. The highest BCUT2D eigenvalue weighted by molar-refractivity contribution is 7.09. The summed E-state index contributed by atoms with van der Waals surface area (Å²) in [5, 5.41) is 6.05. The average Bonchev–Trinajstić information content (AvgIpc) is 2.88. The van der Waals surface area contributed by atoms with Gasteiger partial charge in [-0.05, 0) is 19.1 Å². The molecular formula is C15H15Cl2N3O2S. The van der Waals surface area contributed by atoms with Crippen LogP contribution in [0.4, 0.5) is 5.69 Å². The van der Waals surface area contributed by atoms with Crippen LogP contribution in [0.5, 0.6) is 0 Å². The van der Waals surface area contributed by atoms with E-state index < -0.39 is 0 Å². The van der Waals surface area contributed by atoms with Crippen LogP contribution >= 0.6 is 34.5 Å². The van der Waals surface area contributed by atoms with Crippen molar-refractivity contribution in [3.8, 4) is 0 Å². The Balaban J connectivity index is 1.93. The summed E-state index contributed by atoms with van der Waals surface area (Å²) in [5.74, 6) is -0.555. The predicted octanol–water partition coefficient (Wildman–Crippen LogP) is 3.40. The Morgan fingerprint density at radius 1 is 1.30 bits per heavy atom. The quantitative estimate of drug-likeness (QED) is 0.875. The third-order valence-electron chi connectivity index (χ3n) is 3.03. The van der Waals surface area contributed by atoms with Crippen molar-refractivity contribution < 1.29 is 9.59 Å². The summed E-state index contributed by atoms with van der Waals surface area (Å²) < 4.78 is 0. The van der Waals surface area contributed by atoms with Crippen molar-refractivity contribution in [2.24, 2.45) is 0 Å². The number of amides is 2. The van der Waals surface area contributed by atoms with E-state index in [4.69, 9.17) is 23.2 Å². The van der Waals surface area contributed by atoms with E-state index in [-0.39, 0.29) is 24.8 Å². The van der Waals surface area contributed by atoms with Gasteiger partial charge in [-0.2, -0.15) is 0 Å². The van der Waals surface area contributed by atoms with Gasteiger partial charge in [0, 0.05) is 12.4 Å². The number of aryl methyl sites for hydroxylation is 1. The van der Waals surface area contributed by atoms with Crippen LogP contribution in [0.1, 0.15) is 10.7 Å². The maximum Gasteiger partial charge on any atom is 0.244 e. The fourth-order valence-electron chi connectivity index (χ4n) is 1.88. The highest BCUT2D eigenvalue weighted by atomic mass is 35.5. The molecule has 0 fully saturated rings. The Bertz CT molecular complexity index is 713. The monoisotopic (exact) mass is 371 g/mol. The van der Waals surface area contributed by atoms with E-state index in [0.29, 0.717) is 21.4 Å². The molecule has 0 aliphatic heterocycles. The van der Waals surface area contributed by atoms with E-state index in [1.807, 2.05) is 12.3 Å². The largest absolute Gasteiger partial charge is 0.336 e. The van der Waals surface area contributed by atoms with Crippen LogP contribution in [-0.2, 0) is 16.0 Å². The molecule has 0 saturated carbocycles. The summed E-state index contributed by atoms with van der Waals surface area (Å²) in [7, 11) is 1.56. The van der Waals surface area contributed by atoms with Gasteiger partial charge in [0.2, 0.25) is 11.8 Å². The second-order valence-corrected chi connectivity index (χ2v) is 6.81. The second kappa shape index (κ2) is 7.77. The first kappa shape index (κ1) is 17.7. The number of rotatable bonds is 5. The molecule has 5 nitrogen and oxygen atoms in total. The third-order valence-corrected chi connectivity index (χ3v) is 4.48. The van der Waals surface area contributed by atoms with E-state index >= 15 is 0 Å². The number of carbonyl (C=O) groups is 2. The van der Waals surface area contributed by atoms with Gasteiger partial charge in [0.1, 0.15) is 0 Å². The first-order valence-corrected chi connectivity index (χ1v) is 8.39. The van der Waals surface area contributed by atoms with Crippen molar-refractivity contribution in [3.63, 3.8) is 0 Å². The molecule has 2 aromatic rings. The Labute approximate surface area is 148 Å². The van der Waals surface area contributed by atoms with Gasteiger partial charge in [0.15, 0.2) is 0 Å². The van der Waals surface area contributed by atoms with Crippen LogP contribution < -0.4 is 5.32 Å². The standard InChI is InChI=1S/C15H15Cl2N3O2S/c1-9-18-10(8-23-9)6-14(22)20(2)7-13(21)19-15-11(16)4-3-5-12(15)17/h3-5,8H,6-7H2,1-2H3,(H,19,21). The number of likely N-dealkylation sites (N-methyl/N-ethyl adjacent to an activating group) is 1. The molecule has 0 radical (unpaired) electrons. The summed E-state index contributed by atoms with van der Waals surface area (Å²) in [5.41, 5.74) is 1.05. The number of hydrogen-bond donors (Lipinski definition) is 1. The molecule has 0 aliphatic carbocycles. The molecule has 8 heteroatoms. The van der Waals surface area contributed by atoms with Crippen molar-refractivity contribution >= 4 is 52.0 Å². The molecule has 0 unspecified atom stereocenters. The van der Waals surface area contributed by atoms with E-state index in [1.165, 1.54) is 16.2 Å². The van der Waals surface area contributed by atoms with Crippen LogP contribution in [-0.4, -0.2) is 35.3 Å². The summed E-state index contributed by atoms with van der Waals surface area (Å²) >= 11 is 13.5. The van der Waals surface area contributed by atoms with Crippen LogP contribution in [0.2, 0.25) is 10.0 Å². The number of nitrogens with one attached hydrogen (secondary N) is 1. The van der Waals surface area contributed by atoms with Gasteiger partial charge in [-0.15, -0.1) is 11.3 Å². The lowest BCUT2D eigenvalue weighted by molar-refractivity contribution is -0.132. The number of halogens is 2. The maximum absolute atomic E-state index is 12.1. The summed E-state index contributed by atoms with van der Waals surface area (Å²) in [4.78, 5) is 29.7. The lowest BCUT2D eigenvalue weighted by atomic mass is 10.3. The molecule has 2 amide bonds. The fourth-order valence-corrected chi connectivity index (χ4v) is 2.98. The number of nitrogens with zero attached hydrogens (tertiary/aromatic N) is 2. The van der Waals surface area contributed by atoms with Crippen molar-refractivity contribution in [1.82, 2.24) is 9.88 Å². The summed E-state index contributed by atoms with van der Waals surface area (Å²) in [6, 6.07) is 4.94. The first-order chi connectivity index (χ1) is 10.9. The van der Waals surface area contributed by atoms with Gasteiger partial charge in [0.25, 0.3) is 0 Å². The number of aromatic nitrogens is 1. The van der Waals surface area contributed by atoms with Gasteiger partial charge in [-0.25, -0.2) is 4.98 Å². The van der Waals surface area contributed by atoms with E-state index in [9.17, 15) is 9.59 Å². The Hall–Kier alpha value is -1.63. The molecule has 1 aromatic heterocycles. The first-order valence-electron chi connectivity index (χ1n) is 6.75. The zero-order valence-electron chi connectivity index (χ0n) is 12.6. The molecule has 23 heavy (non-hydrogen) atoms. The van der Waals surface area contributed by atoms with Crippen LogP contribution in [0, 0.1) is 6.92 Å². The minimum atomic E-state index is -0.370. The zero-order chi connectivity index (χ0) is 17.0. The number of anilines is 1. The van der Waals surface area contributed by atoms with E-state index in [2.05, 4.69) is 10.3 Å². The second-order valence-electron chi connectivity index (χ2n) is 4.93.